The van der Waals surface area contributed by atoms with Crippen molar-refractivity contribution < 1.29 is 19.1 Å². The maximum atomic E-state index is 9.09. The van der Waals surface area contributed by atoms with Crippen molar-refractivity contribution in [1.82, 2.24) is 0 Å². The molecule has 1 saturated heterocycles. The second-order valence-corrected chi connectivity index (χ2v) is 3.51. The molecule has 2 rings (SSSR count). The van der Waals surface area contributed by atoms with E-state index in [0.717, 1.165) is 6.42 Å². The summed E-state index contributed by atoms with van der Waals surface area (Å²) in [5, 5.41) is 9.09. The largest absolute Gasteiger partial charge is 0.713 e. The van der Waals surface area contributed by atoms with Gasteiger partial charge in [0.25, 0.3) is 0 Å². The highest BCUT2D eigenvalue weighted by atomic mass is 16.7. The molecule has 0 aromatic heterocycles. The van der Waals surface area contributed by atoms with Crippen molar-refractivity contribution in [2.45, 2.75) is 19.4 Å². The Morgan fingerprint density at radius 2 is 2.13 bits per heavy atom. The van der Waals surface area contributed by atoms with E-state index in [9.17, 15) is 0 Å². The molecule has 1 aromatic carbocycles. The normalized spacial score (nSPS) is 21.4. The predicted octanol–water partition coefficient (Wildman–Crippen LogP) is 1.58. The Kier molecular flexibility index (Phi) is 3.13. The SMILES string of the molecule is CC1CCOB(Oc2ccc(O)cc2)O1. The lowest BCUT2D eigenvalue weighted by Gasteiger charge is -2.24. The molecule has 0 spiro atoms. The Labute approximate surface area is 88.9 Å². The van der Waals surface area contributed by atoms with Crippen LogP contribution in [0.2, 0.25) is 0 Å². The first-order chi connectivity index (χ1) is 7.24. The maximum absolute atomic E-state index is 9.09. The minimum atomic E-state index is -0.640. The summed E-state index contributed by atoms with van der Waals surface area (Å²) in [6, 6.07) is 6.45. The van der Waals surface area contributed by atoms with E-state index in [-0.39, 0.29) is 11.9 Å². The van der Waals surface area contributed by atoms with E-state index >= 15 is 0 Å². The Morgan fingerprint density at radius 1 is 1.40 bits per heavy atom. The highest BCUT2D eigenvalue weighted by Crippen LogP contribution is 2.18. The fourth-order valence-electron chi connectivity index (χ4n) is 1.32. The molecule has 1 aromatic rings. The molecule has 1 fully saturated rings. The standard InChI is InChI=1S/C10H13BO4/c1-8-6-7-13-11(14-8)15-10-4-2-9(12)3-5-10/h2-5,8,12H,6-7H2,1H3. The van der Waals surface area contributed by atoms with Gasteiger partial charge in [0.1, 0.15) is 11.5 Å². The van der Waals surface area contributed by atoms with Crippen LogP contribution in [-0.2, 0) is 9.31 Å². The van der Waals surface area contributed by atoms with Gasteiger partial charge in [-0.2, -0.15) is 0 Å². The number of phenolic OH excluding ortho intramolecular Hbond substituents is 1. The van der Waals surface area contributed by atoms with Crippen molar-refractivity contribution in [2.24, 2.45) is 0 Å². The monoisotopic (exact) mass is 208 g/mol. The number of hydrogen-bond donors (Lipinski definition) is 1. The van der Waals surface area contributed by atoms with E-state index in [0.29, 0.717) is 12.4 Å². The maximum Gasteiger partial charge on any atom is 0.713 e. The van der Waals surface area contributed by atoms with Crippen molar-refractivity contribution in [3.8, 4) is 11.5 Å². The molecular formula is C10H13BO4. The van der Waals surface area contributed by atoms with Crippen LogP contribution in [0.3, 0.4) is 0 Å². The summed E-state index contributed by atoms with van der Waals surface area (Å²) in [6.45, 7) is 2.62. The zero-order valence-corrected chi connectivity index (χ0v) is 8.55. The van der Waals surface area contributed by atoms with Gasteiger partial charge >= 0.3 is 7.32 Å². The van der Waals surface area contributed by atoms with Crippen molar-refractivity contribution in [3.05, 3.63) is 24.3 Å². The average Bonchev–Trinajstić information content (AvgIpc) is 2.22. The van der Waals surface area contributed by atoms with Gasteiger partial charge in [0, 0.05) is 12.7 Å². The van der Waals surface area contributed by atoms with Crippen molar-refractivity contribution in [1.29, 1.82) is 0 Å². The van der Waals surface area contributed by atoms with Crippen molar-refractivity contribution in [3.63, 3.8) is 0 Å². The lowest BCUT2D eigenvalue weighted by molar-refractivity contribution is 0.0416. The van der Waals surface area contributed by atoms with Crippen LogP contribution in [0.1, 0.15) is 13.3 Å². The van der Waals surface area contributed by atoms with Crippen LogP contribution in [0.5, 0.6) is 11.5 Å². The van der Waals surface area contributed by atoms with Crippen LogP contribution in [0.4, 0.5) is 0 Å². The predicted molar refractivity (Wildman–Crippen MR) is 55.6 cm³/mol. The second-order valence-electron chi connectivity index (χ2n) is 3.51. The summed E-state index contributed by atoms with van der Waals surface area (Å²) in [5.74, 6) is 0.827. The topological polar surface area (TPSA) is 47.9 Å². The lowest BCUT2D eigenvalue weighted by Crippen LogP contribution is -2.39. The van der Waals surface area contributed by atoms with Crippen LogP contribution in [0, 0.1) is 0 Å². The second kappa shape index (κ2) is 4.55. The summed E-state index contributed by atoms with van der Waals surface area (Å²) < 4.78 is 16.1. The van der Waals surface area contributed by atoms with E-state index in [1.165, 1.54) is 0 Å². The van der Waals surface area contributed by atoms with E-state index in [2.05, 4.69) is 0 Å². The van der Waals surface area contributed by atoms with Crippen LogP contribution in [-0.4, -0.2) is 25.1 Å². The van der Waals surface area contributed by atoms with Gasteiger partial charge in [-0.1, -0.05) is 0 Å². The molecule has 4 nitrogen and oxygen atoms in total. The minimum Gasteiger partial charge on any atom is -0.512 e. The average molecular weight is 208 g/mol. The molecule has 0 radical (unpaired) electrons. The zero-order chi connectivity index (χ0) is 10.7. The fourth-order valence-corrected chi connectivity index (χ4v) is 1.32. The molecule has 1 N–H and O–H groups in total. The molecule has 0 amide bonds. The number of hydrogen-bond acceptors (Lipinski definition) is 4. The number of phenols is 1. The van der Waals surface area contributed by atoms with Crippen LogP contribution < -0.4 is 4.65 Å². The molecule has 1 aliphatic heterocycles. The Balaban J connectivity index is 1.93. The third-order valence-electron chi connectivity index (χ3n) is 2.19. The van der Waals surface area contributed by atoms with Crippen LogP contribution in [0.25, 0.3) is 0 Å². The molecule has 15 heavy (non-hydrogen) atoms. The van der Waals surface area contributed by atoms with E-state index in [1.54, 1.807) is 24.3 Å². The quantitative estimate of drug-likeness (QED) is 0.749. The summed E-state index contributed by atoms with van der Waals surface area (Å²) in [4.78, 5) is 0. The molecular weight excluding hydrogens is 195 g/mol. The van der Waals surface area contributed by atoms with Gasteiger partial charge in [-0.3, -0.25) is 0 Å². The molecule has 1 unspecified atom stereocenters. The molecule has 1 heterocycles. The van der Waals surface area contributed by atoms with Gasteiger partial charge in [0.15, 0.2) is 0 Å². The first kappa shape index (κ1) is 10.3. The molecule has 0 bridgehead atoms. The van der Waals surface area contributed by atoms with Crippen LogP contribution >= 0.6 is 0 Å². The smallest absolute Gasteiger partial charge is 0.512 e. The van der Waals surface area contributed by atoms with E-state index in [1.807, 2.05) is 6.92 Å². The molecule has 0 saturated carbocycles. The van der Waals surface area contributed by atoms with Gasteiger partial charge in [0.2, 0.25) is 0 Å². The summed E-state index contributed by atoms with van der Waals surface area (Å²) in [5.41, 5.74) is 0. The highest BCUT2D eigenvalue weighted by Gasteiger charge is 2.30. The van der Waals surface area contributed by atoms with Crippen molar-refractivity contribution in [2.75, 3.05) is 6.61 Å². The lowest BCUT2D eigenvalue weighted by atomic mass is 10.1. The first-order valence-electron chi connectivity index (χ1n) is 4.97. The van der Waals surface area contributed by atoms with Crippen molar-refractivity contribution >= 4 is 7.32 Å². The minimum absolute atomic E-state index is 0.154. The summed E-state index contributed by atoms with van der Waals surface area (Å²) >= 11 is 0. The molecule has 5 heteroatoms. The third kappa shape index (κ3) is 2.87. The van der Waals surface area contributed by atoms with Gasteiger partial charge in [-0.05, 0) is 37.6 Å². The Hall–Kier alpha value is -1.20. The molecule has 0 aliphatic carbocycles. The highest BCUT2D eigenvalue weighted by molar-refractivity contribution is 6.37. The van der Waals surface area contributed by atoms with Gasteiger partial charge in [0.05, 0.1) is 0 Å². The first-order valence-corrected chi connectivity index (χ1v) is 4.97. The van der Waals surface area contributed by atoms with Gasteiger partial charge in [-0.25, -0.2) is 0 Å². The molecule has 1 aliphatic rings. The molecule has 80 valence electrons. The summed E-state index contributed by atoms with van der Waals surface area (Å²) in [7, 11) is -0.640. The number of aromatic hydroxyl groups is 1. The summed E-state index contributed by atoms with van der Waals surface area (Å²) in [6.07, 6.45) is 1.04. The molecule has 1 atom stereocenters. The number of rotatable bonds is 2. The fraction of sp³-hybridized carbons (Fsp3) is 0.400. The van der Waals surface area contributed by atoms with E-state index < -0.39 is 7.32 Å². The van der Waals surface area contributed by atoms with Gasteiger partial charge < -0.3 is 19.1 Å². The van der Waals surface area contributed by atoms with Gasteiger partial charge in [-0.15, -0.1) is 0 Å². The van der Waals surface area contributed by atoms with E-state index in [4.69, 9.17) is 19.1 Å². The van der Waals surface area contributed by atoms with Crippen LogP contribution in [0.15, 0.2) is 24.3 Å². The zero-order valence-electron chi connectivity index (χ0n) is 8.55. The number of benzene rings is 1. The third-order valence-corrected chi connectivity index (χ3v) is 2.19. The Morgan fingerprint density at radius 3 is 2.80 bits per heavy atom. The Bertz CT molecular complexity index is 314.